The van der Waals surface area contributed by atoms with Crippen molar-refractivity contribution in [3.05, 3.63) is 42.1 Å². The molecule has 1 aromatic rings. The molecule has 1 heterocycles. The maximum absolute atomic E-state index is 11.0. The van der Waals surface area contributed by atoms with Gasteiger partial charge in [-0.1, -0.05) is 38.6 Å². The molecule has 1 aliphatic heterocycles. The Morgan fingerprint density at radius 3 is 2.43 bits per heavy atom. The van der Waals surface area contributed by atoms with E-state index in [2.05, 4.69) is 35.7 Å². The molecular weight excluding hydrogens is 262 g/mol. The quantitative estimate of drug-likeness (QED) is 0.884. The van der Waals surface area contributed by atoms with Crippen LogP contribution < -0.4 is 4.90 Å². The zero-order chi connectivity index (χ0) is 15.4. The average Bonchev–Trinajstić information content (AvgIpc) is 2.85. The molecule has 1 fully saturated rings. The van der Waals surface area contributed by atoms with Gasteiger partial charge in [0.05, 0.1) is 5.92 Å². The highest BCUT2D eigenvalue weighted by Gasteiger charge is 2.33. The van der Waals surface area contributed by atoms with E-state index in [1.807, 2.05) is 13.8 Å². The molecule has 1 N–H and O–H groups in total. The van der Waals surface area contributed by atoms with Crippen molar-refractivity contribution >= 4 is 11.7 Å². The third-order valence-corrected chi connectivity index (χ3v) is 4.40. The Morgan fingerprint density at radius 1 is 1.19 bits per heavy atom. The van der Waals surface area contributed by atoms with Crippen LogP contribution in [-0.4, -0.2) is 17.1 Å². The number of hydrogen-bond donors (Lipinski definition) is 1. The Hall–Kier alpha value is -1.77. The highest BCUT2D eigenvalue weighted by atomic mass is 16.4. The van der Waals surface area contributed by atoms with Crippen molar-refractivity contribution in [3.63, 3.8) is 0 Å². The summed E-state index contributed by atoms with van der Waals surface area (Å²) in [6, 6.07) is 8.86. The molecule has 0 unspecified atom stereocenters. The molecular formula is C18H25NO2. The van der Waals surface area contributed by atoms with E-state index in [1.165, 1.54) is 11.3 Å². The van der Waals surface area contributed by atoms with Gasteiger partial charge in [0.25, 0.3) is 0 Å². The van der Waals surface area contributed by atoms with E-state index in [0.29, 0.717) is 6.04 Å². The van der Waals surface area contributed by atoms with Crippen molar-refractivity contribution in [1.29, 1.82) is 0 Å². The van der Waals surface area contributed by atoms with Gasteiger partial charge in [0.2, 0.25) is 0 Å². The molecule has 1 saturated carbocycles. The highest BCUT2D eigenvalue weighted by molar-refractivity contribution is 5.70. The summed E-state index contributed by atoms with van der Waals surface area (Å²) in [7, 11) is 0. The predicted molar refractivity (Wildman–Crippen MR) is 86.5 cm³/mol. The third kappa shape index (κ3) is 3.12. The first-order valence-corrected chi connectivity index (χ1v) is 7.94. The number of para-hydroxylation sites is 1. The summed E-state index contributed by atoms with van der Waals surface area (Å²) in [6.45, 7) is 8.19. The standard InChI is InChI=1S/C16H19NO2.C2H6/c1-11-10-13-4-2-3-5-15(13)17(11)14-8-6-12(7-9-14)16(18)19;1-2/h2-5,12,14H,1,6-10H2,(H,18,19);1-2H3. The van der Waals surface area contributed by atoms with Crippen molar-refractivity contribution in [2.75, 3.05) is 4.90 Å². The number of carbonyl (C=O) groups is 1. The van der Waals surface area contributed by atoms with Gasteiger partial charge in [0.15, 0.2) is 0 Å². The molecule has 0 atom stereocenters. The molecule has 3 heteroatoms. The van der Waals surface area contributed by atoms with Crippen LogP contribution in [0.25, 0.3) is 0 Å². The Kier molecular flexibility index (Phi) is 5.05. The first-order valence-electron chi connectivity index (χ1n) is 7.94. The van der Waals surface area contributed by atoms with E-state index < -0.39 is 5.97 Å². The first kappa shape index (κ1) is 15.6. The topological polar surface area (TPSA) is 40.5 Å². The number of anilines is 1. The van der Waals surface area contributed by atoms with Crippen LogP contribution >= 0.6 is 0 Å². The van der Waals surface area contributed by atoms with Gasteiger partial charge in [0.1, 0.15) is 0 Å². The maximum atomic E-state index is 11.0. The highest BCUT2D eigenvalue weighted by Crippen LogP contribution is 2.39. The first-order chi connectivity index (χ1) is 10.2. The average molecular weight is 287 g/mol. The van der Waals surface area contributed by atoms with Crippen LogP contribution in [0.5, 0.6) is 0 Å². The number of rotatable bonds is 2. The van der Waals surface area contributed by atoms with Crippen LogP contribution in [0.15, 0.2) is 36.5 Å². The summed E-state index contributed by atoms with van der Waals surface area (Å²) in [4.78, 5) is 13.4. The summed E-state index contributed by atoms with van der Waals surface area (Å²) >= 11 is 0. The second-order valence-electron chi connectivity index (χ2n) is 5.59. The number of benzene rings is 1. The molecule has 0 radical (unpaired) electrons. The second kappa shape index (κ2) is 6.79. The van der Waals surface area contributed by atoms with E-state index in [9.17, 15) is 4.79 Å². The molecule has 0 bridgehead atoms. The Balaban J connectivity index is 0.000000774. The van der Waals surface area contributed by atoms with Crippen molar-refractivity contribution in [2.24, 2.45) is 5.92 Å². The molecule has 1 aromatic carbocycles. The van der Waals surface area contributed by atoms with Crippen LogP contribution in [0.1, 0.15) is 45.1 Å². The van der Waals surface area contributed by atoms with Gasteiger partial charge in [-0.3, -0.25) is 4.79 Å². The SMILES string of the molecule is C=C1Cc2ccccc2N1C1CCC(C(=O)O)CC1.CC. The number of hydrogen-bond acceptors (Lipinski definition) is 2. The van der Waals surface area contributed by atoms with E-state index in [0.717, 1.165) is 37.8 Å². The Bertz CT molecular complexity index is 516. The van der Waals surface area contributed by atoms with E-state index >= 15 is 0 Å². The summed E-state index contributed by atoms with van der Waals surface area (Å²) in [5, 5.41) is 9.07. The van der Waals surface area contributed by atoms with Gasteiger partial charge < -0.3 is 10.0 Å². The lowest BCUT2D eigenvalue weighted by atomic mass is 9.85. The molecule has 0 aromatic heterocycles. The van der Waals surface area contributed by atoms with Crippen LogP contribution in [0.3, 0.4) is 0 Å². The van der Waals surface area contributed by atoms with Gasteiger partial charge >= 0.3 is 5.97 Å². The molecule has 3 nitrogen and oxygen atoms in total. The normalized spacial score (nSPS) is 24.1. The minimum Gasteiger partial charge on any atom is -0.481 e. The van der Waals surface area contributed by atoms with Gasteiger partial charge in [-0.2, -0.15) is 0 Å². The Labute approximate surface area is 127 Å². The molecule has 3 rings (SSSR count). The largest absolute Gasteiger partial charge is 0.481 e. The minimum absolute atomic E-state index is 0.151. The van der Waals surface area contributed by atoms with Crippen molar-refractivity contribution in [2.45, 2.75) is 52.0 Å². The number of fused-ring (bicyclic) bond motifs is 1. The van der Waals surface area contributed by atoms with Gasteiger partial charge in [0, 0.05) is 23.8 Å². The summed E-state index contributed by atoms with van der Waals surface area (Å²) < 4.78 is 0. The van der Waals surface area contributed by atoms with E-state index in [1.54, 1.807) is 0 Å². The van der Waals surface area contributed by atoms with Crippen LogP contribution in [-0.2, 0) is 11.2 Å². The number of allylic oxidation sites excluding steroid dienone is 1. The zero-order valence-electron chi connectivity index (χ0n) is 13.0. The van der Waals surface area contributed by atoms with Gasteiger partial charge in [-0.25, -0.2) is 0 Å². The van der Waals surface area contributed by atoms with Gasteiger partial charge in [-0.05, 0) is 37.3 Å². The number of carboxylic acids is 1. The van der Waals surface area contributed by atoms with E-state index in [4.69, 9.17) is 5.11 Å². The molecule has 2 aliphatic rings. The summed E-state index contributed by atoms with van der Waals surface area (Å²) in [5.41, 5.74) is 3.76. The van der Waals surface area contributed by atoms with Gasteiger partial charge in [-0.15, -0.1) is 0 Å². The molecule has 0 amide bonds. The molecule has 0 spiro atoms. The molecule has 114 valence electrons. The number of carboxylic acid groups (broad SMARTS) is 1. The lowest BCUT2D eigenvalue weighted by Gasteiger charge is -2.35. The second-order valence-corrected chi connectivity index (χ2v) is 5.59. The monoisotopic (exact) mass is 287 g/mol. The van der Waals surface area contributed by atoms with E-state index in [-0.39, 0.29) is 5.92 Å². The fourth-order valence-electron chi connectivity index (χ4n) is 3.41. The molecule has 0 saturated heterocycles. The van der Waals surface area contributed by atoms with Crippen molar-refractivity contribution in [1.82, 2.24) is 0 Å². The number of nitrogens with zero attached hydrogens (tertiary/aromatic N) is 1. The smallest absolute Gasteiger partial charge is 0.306 e. The lowest BCUT2D eigenvalue weighted by Crippen LogP contribution is -2.37. The van der Waals surface area contributed by atoms with Crippen molar-refractivity contribution in [3.8, 4) is 0 Å². The van der Waals surface area contributed by atoms with Crippen LogP contribution in [0, 0.1) is 5.92 Å². The Morgan fingerprint density at radius 2 is 1.81 bits per heavy atom. The van der Waals surface area contributed by atoms with Crippen LogP contribution in [0.2, 0.25) is 0 Å². The van der Waals surface area contributed by atoms with Crippen LogP contribution in [0.4, 0.5) is 5.69 Å². The maximum Gasteiger partial charge on any atom is 0.306 e. The minimum atomic E-state index is -0.640. The predicted octanol–water partition coefficient (Wildman–Crippen LogP) is 4.23. The summed E-state index contributed by atoms with van der Waals surface area (Å²) in [5.74, 6) is -0.790. The summed E-state index contributed by atoms with van der Waals surface area (Å²) in [6.07, 6.45) is 4.39. The lowest BCUT2D eigenvalue weighted by molar-refractivity contribution is -0.142. The zero-order valence-corrected chi connectivity index (χ0v) is 13.0. The van der Waals surface area contributed by atoms with Crippen molar-refractivity contribution < 1.29 is 9.90 Å². The fourth-order valence-corrected chi connectivity index (χ4v) is 3.41. The number of aliphatic carboxylic acids is 1. The molecule has 1 aliphatic carbocycles. The third-order valence-electron chi connectivity index (χ3n) is 4.40. The molecule has 21 heavy (non-hydrogen) atoms. The fraction of sp³-hybridized carbons (Fsp3) is 0.500.